The molecule has 9 nitrogen and oxygen atoms in total. The van der Waals surface area contributed by atoms with Gasteiger partial charge in [-0.25, -0.2) is 9.97 Å². The lowest BCUT2D eigenvalue weighted by atomic mass is 9.72. The minimum atomic E-state index is -0.172. The first-order valence-corrected chi connectivity index (χ1v) is 17.2. The van der Waals surface area contributed by atoms with Crippen LogP contribution in [-0.4, -0.2) is 86.4 Å². The van der Waals surface area contributed by atoms with Crippen LogP contribution in [-0.2, 0) is 9.59 Å². The Morgan fingerprint density at radius 2 is 1.80 bits per heavy atom. The number of hydrogen-bond donors (Lipinski definition) is 1. The SMILES string of the molecule is C\C=C/C(=C(\C=C\c1cc2ncn(C(C)C)c2c(NC2CC2)n1)N(C=O)C1CC(N2CCCCC2)C1)C1(C)CCN(C=O)CC1. The molecule has 2 amide bonds. The maximum Gasteiger partial charge on any atom is 0.214 e. The number of imidazole rings is 1. The van der Waals surface area contributed by atoms with Crippen molar-refractivity contribution in [2.24, 2.45) is 5.41 Å². The molecule has 0 bridgehead atoms. The Morgan fingerprint density at radius 3 is 2.42 bits per heavy atom. The first kappa shape index (κ1) is 31.5. The van der Waals surface area contributed by atoms with Crippen molar-refractivity contribution in [2.75, 3.05) is 31.5 Å². The molecular formula is C36H51N7O2. The highest BCUT2D eigenvalue weighted by Gasteiger charge is 2.40. The van der Waals surface area contributed by atoms with E-state index in [2.05, 4.69) is 65.9 Å². The topological polar surface area (TPSA) is 86.6 Å². The van der Waals surface area contributed by atoms with E-state index in [0.717, 1.165) is 85.2 Å². The zero-order chi connectivity index (χ0) is 31.6. The molecule has 9 heteroatoms. The maximum absolute atomic E-state index is 13.0. The van der Waals surface area contributed by atoms with E-state index in [0.29, 0.717) is 25.2 Å². The molecule has 2 aromatic rings. The molecule has 0 spiro atoms. The van der Waals surface area contributed by atoms with E-state index < -0.39 is 0 Å². The molecule has 4 heterocycles. The molecule has 0 radical (unpaired) electrons. The molecule has 1 N–H and O–H groups in total. The fourth-order valence-corrected chi connectivity index (χ4v) is 7.42. The monoisotopic (exact) mass is 613 g/mol. The van der Waals surface area contributed by atoms with Crippen molar-refractivity contribution in [1.29, 1.82) is 0 Å². The van der Waals surface area contributed by atoms with Crippen molar-refractivity contribution in [2.45, 2.75) is 110 Å². The number of pyridine rings is 1. The van der Waals surface area contributed by atoms with Gasteiger partial charge in [0.2, 0.25) is 12.8 Å². The summed E-state index contributed by atoms with van der Waals surface area (Å²) in [5.41, 5.74) is 4.71. The van der Waals surface area contributed by atoms with E-state index in [1.165, 1.54) is 32.4 Å². The number of carbonyl (C=O) groups is 2. The van der Waals surface area contributed by atoms with Crippen LogP contribution in [0.1, 0.15) is 97.2 Å². The van der Waals surface area contributed by atoms with Crippen LogP contribution in [0.25, 0.3) is 17.1 Å². The Bertz CT molecular complexity index is 1450. The summed E-state index contributed by atoms with van der Waals surface area (Å²) in [6.07, 6.45) is 22.3. The molecule has 2 aliphatic heterocycles. The number of nitrogens with zero attached hydrogens (tertiary/aromatic N) is 6. The molecule has 0 aromatic carbocycles. The lowest BCUT2D eigenvalue weighted by molar-refractivity contribution is -0.120. The fraction of sp³-hybridized carbons (Fsp3) is 0.611. The summed E-state index contributed by atoms with van der Waals surface area (Å²) >= 11 is 0. The molecule has 4 fully saturated rings. The second kappa shape index (κ2) is 13.5. The second-order valence-corrected chi connectivity index (χ2v) is 14.2. The van der Waals surface area contributed by atoms with Gasteiger partial charge in [-0.3, -0.25) is 9.59 Å². The van der Waals surface area contributed by atoms with Crippen molar-refractivity contribution in [3.8, 4) is 0 Å². The highest BCUT2D eigenvalue weighted by atomic mass is 16.1. The Labute approximate surface area is 268 Å². The third kappa shape index (κ3) is 6.74. The average Bonchev–Trinajstić information content (AvgIpc) is 3.73. The predicted octanol–water partition coefficient (Wildman–Crippen LogP) is 6.16. The summed E-state index contributed by atoms with van der Waals surface area (Å²) < 4.78 is 2.19. The number of amides is 2. The normalized spacial score (nSPS) is 24.7. The quantitative estimate of drug-likeness (QED) is 0.228. The minimum absolute atomic E-state index is 0.164. The Morgan fingerprint density at radius 1 is 1.07 bits per heavy atom. The molecule has 242 valence electrons. The zero-order valence-corrected chi connectivity index (χ0v) is 27.6. The van der Waals surface area contributed by atoms with Gasteiger partial charge in [0.05, 0.1) is 17.5 Å². The summed E-state index contributed by atoms with van der Waals surface area (Å²) in [5, 5.41) is 3.65. The fourth-order valence-electron chi connectivity index (χ4n) is 7.42. The summed E-state index contributed by atoms with van der Waals surface area (Å²) in [7, 11) is 0. The van der Waals surface area contributed by atoms with E-state index in [1.807, 2.05) is 23.1 Å². The number of allylic oxidation sites excluding steroid dienone is 4. The van der Waals surface area contributed by atoms with Crippen molar-refractivity contribution in [1.82, 2.24) is 29.2 Å². The maximum atomic E-state index is 13.0. The third-order valence-corrected chi connectivity index (χ3v) is 10.5. The molecule has 2 aliphatic carbocycles. The van der Waals surface area contributed by atoms with Crippen molar-refractivity contribution in [3.05, 3.63) is 47.6 Å². The summed E-state index contributed by atoms with van der Waals surface area (Å²) in [5.74, 6) is 0.879. The Balaban J connectivity index is 1.38. The number of rotatable bonds is 12. The van der Waals surface area contributed by atoms with Crippen LogP contribution < -0.4 is 5.32 Å². The van der Waals surface area contributed by atoms with Crippen LogP contribution in [0.5, 0.6) is 0 Å². The van der Waals surface area contributed by atoms with Gasteiger partial charge in [0.25, 0.3) is 0 Å². The van der Waals surface area contributed by atoms with Gasteiger partial charge >= 0.3 is 0 Å². The molecule has 4 aliphatic rings. The number of hydrogen-bond acceptors (Lipinski definition) is 6. The number of nitrogens with one attached hydrogen (secondary N) is 1. The highest BCUT2D eigenvalue weighted by molar-refractivity contribution is 5.88. The molecule has 0 atom stereocenters. The van der Waals surface area contributed by atoms with E-state index >= 15 is 0 Å². The third-order valence-electron chi connectivity index (χ3n) is 10.5. The van der Waals surface area contributed by atoms with Gasteiger partial charge in [0, 0.05) is 43.0 Å². The lowest BCUT2D eigenvalue weighted by Gasteiger charge is -2.49. The van der Waals surface area contributed by atoms with E-state index in [4.69, 9.17) is 9.97 Å². The van der Waals surface area contributed by atoms with Crippen LogP contribution in [0, 0.1) is 5.41 Å². The average molecular weight is 614 g/mol. The highest BCUT2D eigenvalue weighted by Crippen LogP contribution is 2.43. The standard InChI is InChI=1S/C36H51N7O2/c1-5-9-31(36(4)14-18-40(24-44)19-15-36)33(43(25-45)30-21-29(22-30)41-16-7-6-8-17-41)13-12-28-20-32-34(42(23-37-32)26(2)3)35(39-28)38-27-10-11-27/h5,9,12-13,20,23-27,29-30H,6-8,10-11,14-19,21-22H2,1-4H3,(H,38,39)/b9-5-,13-12+,33-31-. The van der Waals surface area contributed by atoms with Gasteiger partial charge < -0.3 is 24.6 Å². The molecule has 2 saturated heterocycles. The molecular weight excluding hydrogens is 562 g/mol. The van der Waals surface area contributed by atoms with E-state index in [9.17, 15) is 9.59 Å². The zero-order valence-electron chi connectivity index (χ0n) is 27.6. The number of aromatic nitrogens is 3. The number of carbonyl (C=O) groups excluding carboxylic acids is 2. The predicted molar refractivity (Wildman–Crippen MR) is 181 cm³/mol. The summed E-state index contributed by atoms with van der Waals surface area (Å²) in [6.45, 7) is 12.4. The largest absolute Gasteiger partial charge is 0.366 e. The van der Waals surface area contributed by atoms with E-state index in [1.54, 1.807) is 0 Å². The van der Waals surface area contributed by atoms with Gasteiger partial charge in [-0.2, -0.15) is 0 Å². The Kier molecular flexibility index (Phi) is 9.45. The lowest BCUT2D eigenvalue weighted by Crippen LogP contribution is -2.54. The van der Waals surface area contributed by atoms with Gasteiger partial charge in [-0.15, -0.1) is 0 Å². The first-order valence-electron chi connectivity index (χ1n) is 17.2. The van der Waals surface area contributed by atoms with Gasteiger partial charge in [-0.05, 0) is 114 Å². The van der Waals surface area contributed by atoms with Crippen molar-refractivity contribution < 1.29 is 9.59 Å². The number of likely N-dealkylation sites (tertiary alicyclic amines) is 2. The number of fused-ring (bicyclic) bond motifs is 1. The molecule has 6 rings (SSSR count). The van der Waals surface area contributed by atoms with Gasteiger partial charge in [0.15, 0.2) is 5.82 Å². The van der Waals surface area contributed by atoms with Crippen LogP contribution in [0.2, 0.25) is 0 Å². The van der Waals surface area contributed by atoms with E-state index in [-0.39, 0.29) is 17.5 Å². The summed E-state index contributed by atoms with van der Waals surface area (Å²) in [4.78, 5) is 40.9. The van der Waals surface area contributed by atoms with Crippen LogP contribution in [0.4, 0.5) is 5.82 Å². The first-order chi connectivity index (χ1) is 21.8. The molecule has 2 saturated carbocycles. The summed E-state index contributed by atoms with van der Waals surface area (Å²) in [6, 6.07) is 3.51. The van der Waals surface area contributed by atoms with Crippen LogP contribution in [0.3, 0.4) is 0 Å². The second-order valence-electron chi connectivity index (χ2n) is 14.2. The molecule has 2 aromatic heterocycles. The smallest absolute Gasteiger partial charge is 0.214 e. The number of piperidine rings is 2. The van der Waals surface area contributed by atoms with Crippen LogP contribution >= 0.6 is 0 Å². The Hall–Kier alpha value is -3.46. The molecule has 0 unspecified atom stereocenters. The van der Waals surface area contributed by atoms with Gasteiger partial charge in [0.1, 0.15) is 5.52 Å². The van der Waals surface area contributed by atoms with Crippen LogP contribution in [0.15, 0.2) is 41.9 Å². The van der Waals surface area contributed by atoms with Crippen molar-refractivity contribution in [3.63, 3.8) is 0 Å². The number of anilines is 1. The minimum Gasteiger partial charge on any atom is -0.366 e. The van der Waals surface area contributed by atoms with Gasteiger partial charge in [-0.1, -0.05) is 25.5 Å². The molecule has 45 heavy (non-hydrogen) atoms. The van der Waals surface area contributed by atoms with Crippen molar-refractivity contribution >= 4 is 35.7 Å².